The van der Waals surface area contributed by atoms with Gasteiger partial charge in [0.2, 0.25) is 5.91 Å². The number of hydrogen-bond acceptors (Lipinski definition) is 4. The molecule has 0 unspecified atom stereocenters. The van der Waals surface area contributed by atoms with Gasteiger partial charge in [-0.2, -0.15) is 0 Å². The van der Waals surface area contributed by atoms with Gasteiger partial charge in [0.1, 0.15) is 5.82 Å². The molecule has 6 heteroatoms. The van der Waals surface area contributed by atoms with E-state index >= 15 is 0 Å². The first-order valence-electron chi connectivity index (χ1n) is 8.57. The van der Waals surface area contributed by atoms with Crippen LogP contribution in [0, 0.1) is 5.82 Å². The predicted molar refractivity (Wildman–Crippen MR) is 92.5 cm³/mol. The predicted octanol–water partition coefficient (Wildman–Crippen LogP) is 1.14. The van der Waals surface area contributed by atoms with Crippen molar-refractivity contribution in [3.63, 3.8) is 0 Å². The number of ether oxygens (including phenoxy) is 1. The molecule has 1 aromatic rings. The number of hydrogen-bond donors (Lipinski definition) is 1. The number of nitrogens with zero attached hydrogens (tertiary/aromatic N) is 2. The molecule has 1 aromatic carbocycles. The lowest BCUT2D eigenvalue weighted by atomic mass is 10.1. The van der Waals surface area contributed by atoms with E-state index in [1.54, 1.807) is 19.2 Å². The van der Waals surface area contributed by atoms with Crippen LogP contribution in [0.25, 0.3) is 0 Å². The van der Waals surface area contributed by atoms with E-state index in [4.69, 9.17) is 4.74 Å². The maximum atomic E-state index is 12.9. The monoisotopic (exact) mass is 337 g/mol. The highest BCUT2D eigenvalue weighted by Gasteiger charge is 2.25. The summed E-state index contributed by atoms with van der Waals surface area (Å²) in [6, 6.07) is 6.28. The van der Waals surface area contributed by atoms with Gasteiger partial charge in [-0.15, -0.1) is 0 Å². The van der Waals surface area contributed by atoms with Crippen LogP contribution >= 0.6 is 0 Å². The van der Waals surface area contributed by atoms with Crippen LogP contribution in [0.1, 0.15) is 12.5 Å². The fourth-order valence-electron chi connectivity index (χ4n) is 2.89. The molecule has 0 aromatic heterocycles. The molecule has 1 saturated heterocycles. The molecule has 1 aliphatic heterocycles. The first-order chi connectivity index (χ1) is 11.6. The molecule has 1 fully saturated rings. The van der Waals surface area contributed by atoms with E-state index in [9.17, 15) is 9.18 Å². The van der Waals surface area contributed by atoms with E-state index in [0.29, 0.717) is 13.0 Å². The lowest BCUT2D eigenvalue weighted by Crippen LogP contribution is -2.54. The quantitative estimate of drug-likeness (QED) is 0.773. The lowest BCUT2D eigenvalue weighted by Gasteiger charge is -2.37. The molecule has 1 aliphatic rings. The van der Waals surface area contributed by atoms with Crippen molar-refractivity contribution in [2.24, 2.45) is 0 Å². The minimum atomic E-state index is -0.235. The SMILES string of the molecule is COCCN1CCN([C@@H](C)C(=O)NCCc2ccc(F)cc2)CC1. The van der Waals surface area contributed by atoms with Crippen molar-refractivity contribution >= 4 is 5.91 Å². The molecular formula is C18H28FN3O2. The zero-order chi connectivity index (χ0) is 17.4. The number of benzene rings is 1. The van der Waals surface area contributed by atoms with Gasteiger partial charge < -0.3 is 10.1 Å². The van der Waals surface area contributed by atoms with Crippen LogP contribution < -0.4 is 5.32 Å². The zero-order valence-corrected chi connectivity index (χ0v) is 14.6. The number of carbonyl (C=O) groups excluding carboxylic acids is 1. The molecule has 0 saturated carbocycles. The van der Waals surface area contributed by atoms with E-state index < -0.39 is 0 Å². The van der Waals surface area contributed by atoms with Gasteiger partial charge >= 0.3 is 0 Å². The van der Waals surface area contributed by atoms with Crippen molar-refractivity contribution < 1.29 is 13.9 Å². The van der Waals surface area contributed by atoms with E-state index in [0.717, 1.165) is 44.9 Å². The lowest BCUT2D eigenvalue weighted by molar-refractivity contribution is -0.126. The van der Waals surface area contributed by atoms with Crippen molar-refractivity contribution in [2.45, 2.75) is 19.4 Å². The summed E-state index contributed by atoms with van der Waals surface area (Å²) in [5.74, 6) is -0.177. The van der Waals surface area contributed by atoms with Crippen molar-refractivity contribution in [1.82, 2.24) is 15.1 Å². The second kappa shape index (κ2) is 9.71. The van der Waals surface area contributed by atoms with Crippen LogP contribution in [0.15, 0.2) is 24.3 Å². The van der Waals surface area contributed by atoms with Gasteiger partial charge in [-0.3, -0.25) is 14.6 Å². The number of amides is 1. The molecule has 0 spiro atoms. The third-order valence-corrected chi connectivity index (χ3v) is 4.57. The standard InChI is InChI=1S/C18H28FN3O2/c1-15(22-11-9-21(10-12-22)13-14-24-2)18(23)20-8-7-16-3-5-17(19)6-4-16/h3-6,15H,7-14H2,1-2H3,(H,20,23)/t15-/m0/s1. The number of methoxy groups -OCH3 is 1. The number of halogens is 1. The first-order valence-corrected chi connectivity index (χ1v) is 8.57. The number of rotatable bonds is 8. The van der Waals surface area contributed by atoms with Crippen LogP contribution in [-0.2, 0) is 16.0 Å². The summed E-state index contributed by atoms with van der Waals surface area (Å²) >= 11 is 0. The first kappa shape index (κ1) is 18.8. The summed E-state index contributed by atoms with van der Waals surface area (Å²) in [5.41, 5.74) is 1.02. The fourth-order valence-corrected chi connectivity index (χ4v) is 2.89. The van der Waals surface area contributed by atoms with Crippen LogP contribution in [0.5, 0.6) is 0 Å². The molecule has 24 heavy (non-hydrogen) atoms. The van der Waals surface area contributed by atoms with Crippen molar-refractivity contribution in [1.29, 1.82) is 0 Å². The minimum Gasteiger partial charge on any atom is -0.383 e. The van der Waals surface area contributed by atoms with Gasteiger partial charge in [0, 0.05) is 46.4 Å². The van der Waals surface area contributed by atoms with Crippen LogP contribution in [0.2, 0.25) is 0 Å². The molecule has 0 radical (unpaired) electrons. The van der Waals surface area contributed by atoms with Gasteiger partial charge in [0.05, 0.1) is 12.6 Å². The van der Waals surface area contributed by atoms with Crippen molar-refractivity contribution in [3.05, 3.63) is 35.6 Å². The summed E-state index contributed by atoms with van der Waals surface area (Å²) in [5, 5.41) is 2.98. The number of carbonyl (C=O) groups is 1. The molecule has 0 aliphatic carbocycles. The average molecular weight is 337 g/mol. The van der Waals surface area contributed by atoms with E-state index in [1.165, 1.54) is 12.1 Å². The van der Waals surface area contributed by atoms with Crippen molar-refractivity contribution in [3.8, 4) is 0 Å². The molecule has 1 atom stereocenters. The maximum Gasteiger partial charge on any atom is 0.237 e. The number of piperazine rings is 1. The van der Waals surface area contributed by atoms with E-state index in [1.807, 2.05) is 6.92 Å². The summed E-state index contributed by atoms with van der Waals surface area (Å²) < 4.78 is 18.0. The minimum absolute atomic E-state index is 0.0578. The Hall–Kier alpha value is -1.50. The van der Waals surface area contributed by atoms with E-state index in [2.05, 4.69) is 15.1 Å². The molecule has 1 heterocycles. The van der Waals surface area contributed by atoms with Crippen LogP contribution in [-0.4, -0.2) is 74.7 Å². The summed E-state index contributed by atoms with van der Waals surface area (Å²) in [4.78, 5) is 16.9. The van der Waals surface area contributed by atoms with Gasteiger partial charge in [-0.25, -0.2) is 4.39 Å². The molecule has 2 rings (SSSR count). The summed E-state index contributed by atoms with van der Waals surface area (Å²) in [7, 11) is 1.72. The Morgan fingerprint density at radius 3 is 2.54 bits per heavy atom. The molecule has 5 nitrogen and oxygen atoms in total. The molecular weight excluding hydrogens is 309 g/mol. The Morgan fingerprint density at radius 1 is 1.25 bits per heavy atom. The highest BCUT2D eigenvalue weighted by molar-refractivity contribution is 5.81. The zero-order valence-electron chi connectivity index (χ0n) is 14.6. The third-order valence-electron chi connectivity index (χ3n) is 4.57. The fraction of sp³-hybridized carbons (Fsp3) is 0.611. The van der Waals surface area contributed by atoms with Gasteiger partial charge in [-0.1, -0.05) is 12.1 Å². The normalized spacial score (nSPS) is 17.6. The van der Waals surface area contributed by atoms with E-state index in [-0.39, 0.29) is 17.8 Å². The van der Waals surface area contributed by atoms with Gasteiger partial charge in [0.25, 0.3) is 0 Å². The van der Waals surface area contributed by atoms with Gasteiger partial charge in [-0.05, 0) is 31.0 Å². The highest BCUT2D eigenvalue weighted by atomic mass is 19.1. The van der Waals surface area contributed by atoms with Crippen molar-refractivity contribution in [2.75, 3.05) is 53.0 Å². The topological polar surface area (TPSA) is 44.8 Å². The summed E-state index contributed by atoms with van der Waals surface area (Å²) in [6.45, 7) is 7.96. The smallest absolute Gasteiger partial charge is 0.237 e. The maximum absolute atomic E-state index is 12.9. The molecule has 1 N–H and O–H groups in total. The second-order valence-corrected chi connectivity index (χ2v) is 6.21. The average Bonchev–Trinajstić information content (AvgIpc) is 2.61. The second-order valence-electron chi connectivity index (χ2n) is 6.21. The Labute approximate surface area is 143 Å². The molecule has 1 amide bonds. The van der Waals surface area contributed by atoms with Crippen LogP contribution in [0.4, 0.5) is 4.39 Å². The Kier molecular flexibility index (Phi) is 7.62. The van der Waals surface area contributed by atoms with Crippen LogP contribution in [0.3, 0.4) is 0 Å². The highest BCUT2D eigenvalue weighted by Crippen LogP contribution is 2.07. The molecule has 0 bridgehead atoms. The third kappa shape index (κ3) is 5.85. The molecule has 134 valence electrons. The Morgan fingerprint density at radius 2 is 1.92 bits per heavy atom. The van der Waals surface area contributed by atoms with Gasteiger partial charge in [0.15, 0.2) is 0 Å². The Bertz CT molecular complexity index is 501. The number of nitrogens with one attached hydrogen (secondary N) is 1. The summed E-state index contributed by atoms with van der Waals surface area (Å²) in [6.07, 6.45) is 0.712. The Balaban J connectivity index is 1.67. The largest absolute Gasteiger partial charge is 0.383 e.